The molecule has 1 aromatic carbocycles. The summed E-state index contributed by atoms with van der Waals surface area (Å²) in [4.78, 5) is 21.7. The lowest BCUT2D eigenvalue weighted by molar-refractivity contribution is -0.484. The first-order valence-corrected chi connectivity index (χ1v) is 5.39. The summed E-state index contributed by atoms with van der Waals surface area (Å²) in [5.74, 6) is -0.0237. The van der Waals surface area contributed by atoms with Gasteiger partial charge in [0.05, 0.1) is 5.92 Å². The largest absolute Gasteiger partial charge is 0.481 e. The molecule has 1 heterocycles. The molecule has 0 spiro atoms. The number of Topliss-reactive ketones (excluding diaryl/α,β-unsaturated/α-hetero) is 1. The summed E-state index contributed by atoms with van der Waals surface area (Å²) in [6.45, 7) is 2.99. The third kappa shape index (κ3) is 2.00. The van der Waals surface area contributed by atoms with Gasteiger partial charge in [-0.1, -0.05) is 18.2 Å². The zero-order chi connectivity index (χ0) is 12.6. The predicted octanol–water partition coefficient (Wildman–Crippen LogP) is 1.71. The monoisotopic (exact) mass is 235 g/mol. The van der Waals surface area contributed by atoms with Crippen molar-refractivity contribution in [2.24, 2.45) is 0 Å². The van der Waals surface area contributed by atoms with Crippen LogP contribution >= 0.6 is 0 Å². The van der Waals surface area contributed by atoms with Gasteiger partial charge in [0.2, 0.25) is 6.54 Å². The molecule has 0 radical (unpaired) electrons. The van der Waals surface area contributed by atoms with Gasteiger partial charge in [0, 0.05) is 10.5 Å². The molecule has 0 aromatic heterocycles. The number of aryl methyl sites for hydroxylation is 1. The zero-order valence-electron chi connectivity index (χ0n) is 9.67. The van der Waals surface area contributed by atoms with E-state index in [2.05, 4.69) is 0 Å². The van der Waals surface area contributed by atoms with E-state index in [1.165, 1.54) is 6.92 Å². The number of carbonyl (C=O) groups is 1. The summed E-state index contributed by atoms with van der Waals surface area (Å²) in [6, 6.07) is 5.48. The van der Waals surface area contributed by atoms with Crippen LogP contribution in [-0.4, -0.2) is 23.4 Å². The average molecular weight is 235 g/mol. The highest BCUT2D eigenvalue weighted by Gasteiger charge is 2.41. The van der Waals surface area contributed by atoms with Crippen LogP contribution in [0.1, 0.15) is 24.0 Å². The Kier molecular flexibility index (Phi) is 2.83. The second-order valence-electron chi connectivity index (χ2n) is 4.26. The Morgan fingerprint density at radius 1 is 1.53 bits per heavy atom. The number of para-hydroxylation sites is 1. The van der Waals surface area contributed by atoms with E-state index in [1.807, 2.05) is 19.1 Å². The second kappa shape index (κ2) is 4.16. The van der Waals surface area contributed by atoms with Gasteiger partial charge in [0.25, 0.3) is 0 Å². The van der Waals surface area contributed by atoms with Gasteiger partial charge < -0.3 is 4.74 Å². The average Bonchev–Trinajstić information content (AvgIpc) is 2.58. The maximum Gasteiger partial charge on any atom is 0.214 e. The van der Waals surface area contributed by atoms with Gasteiger partial charge in [0.1, 0.15) is 5.75 Å². The Morgan fingerprint density at radius 2 is 2.24 bits per heavy atom. The van der Waals surface area contributed by atoms with Crippen LogP contribution < -0.4 is 4.74 Å². The maximum absolute atomic E-state index is 11.5. The van der Waals surface area contributed by atoms with E-state index in [0.717, 1.165) is 11.1 Å². The number of hydrogen-bond acceptors (Lipinski definition) is 4. The van der Waals surface area contributed by atoms with Crippen molar-refractivity contribution in [2.75, 3.05) is 6.54 Å². The normalized spacial score (nSPS) is 21.8. The number of rotatable bonds is 3. The molecule has 0 saturated carbocycles. The number of ether oxygens (including phenoxy) is 1. The van der Waals surface area contributed by atoms with Crippen LogP contribution in [0.3, 0.4) is 0 Å². The van der Waals surface area contributed by atoms with Crippen LogP contribution in [0.2, 0.25) is 0 Å². The Bertz CT molecular complexity index is 483. The molecule has 1 aromatic rings. The number of benzene rings is 1. The fourth-order valence-electron chi connectivity index (χ4n) is 2.22. The van der Waals surface area contributed by atoms with Gasteiger partial charge in [-0.2, -0.15) is 0 Å². The van der Waals surface area contributed by atoms with E-state index in [-0.39, 0.29) is 12.3 Å². The maximum atomic E-state index is 11.5. The van der Waals surface area contributed by atoms with Crippen molar-refractivity contribution >= 4 is 5.78 Å². The van der Waals surface area contributed by atoms with Gasteiger partial charge in [-0.25, -0.2) is 0 Å². The van der Waals surface area contributed by atoms with Gasteiger partial charge in [0.15, 0.2) is 11.9 Å². The molecule has 1 aliphatic heterocycles. The molecule has 2 rings (SSSR count). The van der Waals surface area contributed by atoms with Crippen LogP contribution in [0.5, 0.6) is 5.75 Å². The Morgan fingerprint density at radius 3 is 2.82 bits per heavy atom. The van der Waals surface area contributed by atoms with Crippen LogP contribution in [-0.2, 0) is 4.79 Å². The summed E-state index contributed by atoms with van der Waals surface area (Å²) in [5, 5.41) is 10.7. The van der Waals surface area contributed by atoms with Crippen molar-refractivity contribution in [1.29, 1.82) is 0 Å². The summed E-state index contributed by atoms with van der Waals surface area (Å²) >= 11 is 0. The molecule has 0 aliphatic carbocycles. The molecule has 1 aliphatic rings. The highest BCUT2D eigenvalue weighted by molar-refractivity contribution is 5.83. The Balaban J connectivity index is 2.43. The van der Waals surface area contributed by atoms with Gasteiger partial charge >= 0.3 is 0 Å². The van der Waals surface area contributed by atoms with E-state index in [9.17, 15) is 14.9 Å². The van der Waals surface area contributed by atoms with Gasteiger partial charge in [-0.15, -0.1) is 0 Å². The number of carbonyl (C=O) groups excluding carboxylic acids is 1. The number of ketones is 1. The number of hydrogen-bond donors (Lipinski definition) is 0. The van der Waals surface area contributed by atoms with Gasteiger partial charge in [-0.05, 0) is 19.4 Å². The smallest absolute Gasteiger partial charge is 0.214 e. The van der Waals surface area contributed by atoms with E-state index < -0.39 is 16.9 Å². The van der Waals surface area contributed by atoms with Crippen molar-refractivity contribution in [2.45, 2.75) is 25.9 Å². The van der Waals surface area contributed by atoms with E-state index in [4.69, 9.17) is 4.74 Å². The summed E-state index contributed by atoms with van der Waals surface area (Å²) in [6.07, 6.45) is -0.725. The molecular weight excluding hydrogens is 222 g/mol. The van der Waals surface area contributed by atoms with E-state index in [1.54, 1.807) is 6.07 Å². The number of fused-ring (bicyclic) bond motifs is 1. The third-order valence-corrected chi connectivity index (χ3v) is 3.00. The minimum atomic E-state index is -0.725. The topological polar surface area (TPSA) is 69.4 Å². The number of nitrogens with zero attached hydrogens (tertiary/aromatic N) is 1. The molecule has 0 N–H and O–H groups in total. The molecule has 0 saturated heterocycles. The minimum absolute atomic E-state index is 0.174. The van der Waals surface area contributed by atoms with E-state index in [0.29, 0.717) is 5.75 Å². The SMILES string of the molecule is CC(=O)[C@@H]1Oc2c(C)cccc2[C@H]1C[N+](=O)[O-]. The quantitative estimate of drug-likeness (QED) is 0.590. The second-order valence-corrected chi connectivity index (χ2v) is 4.26. The first-order chi connectivity index (χ1) is 8.00. The minimum Gasteiger partial charge on any atom is -0.481 e. The van der Waals surface area contributed by atoms with Crippen molar-refractivity contribution < 1.29 is 14.5 Å². The summed E-state index contributed by atoms with van der Waals surface area (Å²) < 4.78 is 5.56. The molecule has 5 heteroatoms. The fraction of sp³-hybridized carbons (Fsp3) is 0.417. The first kappa shape index (κ1) is 11.6. The van der Waals surface area contributed by atoms with Crippen LogP contribution in [0, 0.1) is 17.0 Å². The van der Waals surface area contributed by atoms with Crippen LogP contribution in [0.4, 0.5) is 0 Å². The van der Waals surface area contributed by atoms with Crippen molar-refractivity contribution in [3.05, 3.63) is 39.4 Å². The number of nitro groups is 1. The molecule has 0 bridgehead atoms. The molecule has 0 unspecified atom stereocenters. The summed E-state index contributed by atoms with van der Waals surface area (Å²) in [7, 11) is 0. The Hall–Kier alpha value is -1.91. The lowest BCUT2D eigenvalue weighted by atomic mass is 9.93. The highest BCUT2D eigenvalue weighted by Crippen LogP contribution is 2.40. The van der Waals surface area contributed by atoms with Crippen molar-refractivity contribution in [1.82, 2.24) is 0 Å². The standard InChI is InChI=1S/C12H13NO4/c1-7-4-3-5-9-10(6-13(15)16)12(8(2)14)17-11(7)9/h3-5,10,12H,6H2,1-2H3/t10-,12+/m1/s1. The van der Waals surface area contributed by atoms with Crippen LogP contribution in [0.25, 0.3) is 0 Å². The predicted molar refractivity (Wildman–Crippen MR) is 60.9 cm³/mol. The molecule has 5 nitrogen and oxygen atoms in total. The fourth-order valence-corrected chi connectivity index (χ4v) is 2.22. The highest BCUT2D eigenvalue weighted by atomic mass is 16.6. The van der Waals surface area contributed by atoms with Crippen molar-refractivity contribution in [3.63, 3.8) is 0 Å². The molecule has 0 fully saturated rings. The lowest BCUT2D eigenvalue weighted by Gasteiger charge is -2.12. The zero-order valence-corrected chi connectivity index (χ0v) is 9.67. The molecular formula is C12H13NO4. The van der Waals surface area contributed by atoms with Crippen molar-refractivity contribution in [3.8, 4) is 5.75 Å². The summed E-state index contributed by atoms with van der Waals surface area (Å²) in [5.41, 5.74) is 1.67. The molecule has 2 atom stereocenters. The lowest BCUT2D eigenvalue weighted by Crippen LogP contribution is -2.31. The third-order valence-electron chi connectivity index (χ3n) is 3.00. The molecule has 17 heavy (non-hydrogen) atoms. The Labute approximate surface area is 98.5 Å². The van der Waals surface area contributed by atoms with Gasteiger partial charge in [-0.3, -0.25) is 14.9 Å². The molecule has 0 amide bonds. The molecule has 90 valence electrons. The van der Waals surface area contributed by atoms with Crippen LogP contribution in [0.15, 0.2) is 18.2 Å². The van der Waals surface area contributed by atoms with E-state index >= 15 is 0 Å². The first-order valence-electron chi connectivity index (χ1n) is 5.39.